The number of rotatable bonds is 4. The molecule has 3 rings (SSSR count). The normalized spacial score (nSPS) is 21.6. The fourth-order valence-electron chi connectivity index (χ4n) is 3.26. The summed E-state index contributed by atoms with van der Waals surface area (Å²) in [5.74, 6) is 0.921. The minimum atomic E-state index is 0.242. The summed E-state index contributed by atoms with van der Waals surface area (Å²) in [6.45, 7) is 4.86. The van der Waals surface area contributed by atoms with E-state index in [9.17, 15) is 4.79 Å². The lowest BCUT2D eigenvalue weighted by molar-refractivity contribution is -0.117. The molecule has 0 spiro atoms. The molecule has 1 atom stereocenters. The number of carbonyl (C=O) groups is 1. The Morgan fingerprint density at radius 1 is 1.24 bits per heavy atom. The summed E-state index contributed by atoms with van der Waals surface area (Å²) < 4.78 is 5.42. The van der Waals surface area contributed by atoms with Gasteiger partial charge in [-0.2, -0.15) is 0 Å². The first-order valence-electron chi connectivity index (χ1n) is 7.99. The summed E-state index contributed by atoms with van der Waals surface area (Å²) in [5.41, 5.74) is 2.14. The maximum absolute atomic E-state index is 11.7. The molecule has 0 unspecified atom stereocenters. The van der Waals surface area contributed by atoms with Crippen LogP contribution in [-0.2, 0) is 9.53 Å². The van der Waals surface area contributed by atoms with Crippen LogP contribution in [0.5, 0.6) is 0 Å². The van der Waals surface area contributed by atoms with Crippen LogP contribution in [0.15, 0.2) is 24.3 Å². The quantitative estimate of drug-likeness (QED) is 0.926. The molecule has 2 aliphatic heterocycles. The number of hydrogen-bond donors (Lipinski definition) is 1. The molecular formula is C17H24N2O2. The number of nitrogens with zero attached hydrogens (tertiary/aromatic N) is 1. The van der Waals surface area contributed by atoms with E-state index in [4.69, 9.17) is 4.74 Å². The standard InChI is InChI=1S/C17H24N2O2/c1-13(14-8-11-21-12-9-14)18-15-4-6-16(7-5-15)19-10-2-3-17(19)20/h4-7,13-14,18H,2-3,8-12H2,1H3/t13-/m0/s1. The van der Waals surface area contributed by atoms with Crippen molar-refractivity contribution in [1.82, 2.24) is 0 Å². The lowest BCUT2D eigenvalue weighted by Crippen LogP contribution is -2.31. The van der Waals surface area contributed by atoms with Gasteiger partial charge in [-0.3, -0.25) is 4.79 Å². The molecule has 1 aromatic rings. The number of ether oxygens (including phenoxy) is 1. The van der Waals surface area contributed by atoms with Gasteiger partial charge in [-0.15, -0.1) is 0 Å². The van der Waals surface area contributed by atoms with Gasteiger partial charge in [0.2, 0.25) is 5.91 Å². The molecular weight excluding hydrogens is 264 g/mol. The molecule has 0 radical (unpaired) electrons. The van der Waals surface area contributed by atoms with E-state index in [0.717, 1.165) is 50.4 Å². The zero-order chi connectivity index (χ0) is 14.7. The molecule has 0 aromatic heterocycles. The van der Waals surface area contributed by atoms with E-state index >= 15 is 0 Å². The Bertz CT molecular complexity index is 480. The molecule has 114 valence electrons. The van der Waals surface area contributed by atoms with Crippen LogP contribution in [0.25, 0.3) is 0 Å². The van der Waals surface area contributed by atoms with Gasteiger partial charge in [0.05, 0.1) is 0 Å². The molecule has 2 aliphatic rings. The number of hydrogen-bond acceptors (Lipinski definition) is 3. The van der Waals surface area contributed by atoms with Gasteiger partial charge < -0.3 is 15.0 Å². The van der Waals surface area contributed by atoms with Crippen molar-refractivity contribution in [2.24, 2.45) is 5.92 Å². The van der Waals surface area contributed by atoms with Crippen molar-refractivity contribution in [3.05, 3.63) is 24.3 Å². The molecule has 4 heteroatoms. The summed E-state index contributed by atoms with van der Waals surface area (Å²) >= 11 is 0. The van der Waals surface area contributed by atoms with E-state index in [2.05, 4.69) is 24.4 Å². The Morgan fingerprint density at radius 3 is 2.57 bits per heavy atom. The first kappa shape index (κ1) is 14.4. The SMILES string of the molecule is C[C@H](Nc1ccc(N2CCCC2=O)cc1)C1CCOCC1. The lowest BCUT2D eigenvalue weighted by Gasteiger charge is -2.29. The minimum Gasteiger partial charge on any atom is -0.382 e. The maximum atomic E-state index is 11.7. The number of amides is 1. The summed E-state index contributed by atoms with van der Waals surface area (Å²) in [6, 6.07) is 8.70. The Kier molecular flexibility index (Phi) is 4.44. The van der Waals surface area contributed by atoms with E-state index < -0.39 is 0 Å². The zero-order valence-electron chi connectivity index (χ0n) is 12.7. The molecule has 2 heterocycles. The molecule has 0 saturated carbocycles. The Morgan fingerprint density at radius 2 is 1.95 bits per heavy atom. The maximum Gasteiger partial charge on any atom is 0.227 e. The second-order valence-corrected chi connectivity index (χ2v) is 6.08. The van der Waals surface area contributed by atoms with Crippen molar-refractivity contribution in [1.29, 1.82) is 0 Å². The first-order chi connectivity index (χ1) is 10.2. The largest absolute Gasteiger partial charge is 0.382 e. The van der Waals surface area contributed by atoms with E-state index in [1.54, 1.807) is 0 Å². The highest BCUT2D eigenvalue weighted by atomic mass is 16.5. The number of carbonyl (C=O) groups excluding carboxylic acids is 1. The van der Waals surface area contributed by atoms with Gasteiger partial charge in [-0.25, -0.2) is 0 Å². The second-order valence-electron chi connectivity index (χ2n) is 6.08. The Hall–Kier alpha value is -1.55. The third-order valence-electron chi connectivity index (χ3n) is 4.62. The first-order valence-corrected chi connectivity index (χ1v) is 7.99. The smallest absolute Gasteiger partial charge is 0.227 e. The highest BCUT2D eigenvalue weighted by molar-refractivity contribution is 5.95. The summed E-state index contributed by atoms with van der Waals surface area (Å²) in [7, 11) is 0. The molecule has 4 nitrogen and oxygen atoms in total. The molecule has 2 fully saturated rings. The molecule has 21 heavy (non-hydrogen) atoms. The van der Waals surface area contributed by atoms with Crippen LogP contribution in [0.2, 0.25) is 0 Å². The molecule has 1 aromatic carbocycles. The van der Waals surface area contributed by atoms with Crippen LogP contribution in [0.4, 0.5) is 11.4 Å². The van der Waals surface area contributed by atoms with Crippen LogP contribution >= 0.6 is 0 Å². The van der Waals surface area contributed by atoms with Gasteiger partial charge in [0.25, 0.3) is 0 Å². The summed E-state index contributed by atoms with van der Waals surface area (Å²) in [5, 5.41) is 3.58. The molecule has 0 bridgehead atoms. The van der Waals surface area contributed by atoms with E-state index in [-0.39, 0.29) is 5.91 Å². The number of nitrogens with one attached hydrogen (secondary N) is 1. The highest BCUT2D eigenvalue weighted by Gasteiger charge is 2.22. The van der Waals surface area contributed by atoms with Crippen LogP contribution in [0, 0.1) is 5.92 Å². The molecule has 1 N–H and O–H groups in total. The van der Waals surface area contributed by atoms with Gasteiger partial charge in [-0.1, -0.05) is 0 Å². The second kappa shape index (κ2) is 6.48. The van der Waals surface area contributed by atoms with Crippen molar-refractivity contribution in [3.63, 3.8) is 0 Å². The Labute approximate surface area is 126 Å². The summed E-state index contributed by atoms with van der Waals surface area (Å²) in [6.07, 6.45) is 3.92. The number of benzene rings is 1. The van der Waals surface area contributed by atoms with Crippen molar-refractivity contribution in [2.75, 3.05) is 30.0 Å². The van der Waals surface area contributed by atoms with E-state index in [1.807, 2.05) is 17.0 Å². The van der Waals surface area contributed by atoms with Crippen LogP contribution in [0.1, 0.15) is 32.6 Å². The summed E-state index contributed by atoms with van der Waals surface area (Å²) in [4.78, 5) is 13.6. The molecule has 1 amide bonds. The van der Waals surface area contributed by atoms with Gasteiger partial charge in [0.1, 0.15) is 0 Å². The van der Waals surface area contributed by atoms with Gasteiger partial charge in [-0.05, 0) is 56.4 Å². The van der Waals surface area contributed by atoms with Crippen LogP contribution in [0.3, 0.4) is 0 Å². The van der Waals surface area contributed by atoms with Gasteiger partial charge in [0, 0.05) is 43.6 Å². The fraction of sp³-hybridized carbons (Fsp3) is 0.588. The number of anilines is 2. The lowest BCUT2D eigenvalue weighted by atomic mass is 9.93. The highest BCUT2D eigenvalue weighted by Crippen LogP contribution is 2.25. The average molecular weight is 288 g/mol. The van der Waals surface area contributed by atoms with Crippen molar-refractivity contribution in [2.45, 2.75) is 38.6 Å². The van der Waals surface area contributed by atoms with Crippen LogP contribution < -0.4 is 10.2 Å². The van der Waals surface area contributed by atoms with Crippen molar-refractivity contribution in [3.8, 4) is 0 Å². The predicted octanol–water partition coefficient (Wildman–Crippen LogP) is 3.04. The minimum absolute atomic E-state index is 0.242. The third kappa shape index (κ3) is 3.38. The monoisotopic (exact) mass is 288 g/mol. The van der Waals surface area contributed by atoms with E-state index in [0.29, 0.717) is 18.4 Å². The predicted molar refractivity (Wildman–Crippen MR) is 84.7 cm³/mol. The topological polar surface area (TPSA) is 41.6 Å². The average Bonchev–Trinajstić information content (AvgIpc) is 2.95. The van der Waals surface area contributed by atoms with Crippen molar-refractivity contribution >= 4 is 17.3 Å². The molecule has 2 saturated heterocycles. The zero-order valence-corrected chi connectivity index (χ0v) is 12.7. The van der Waals surface area contributed by atoms with E-state index in [1.165, 1.54) is 0 Å². The van der Waals surface area contributed by atoms with Gasteiger partial charge in [0.15, 0.2) is 0 Å². The van der Waals surface area contributed by atoms with Gasteiger partial charge >= 0.3 is 0 Å². The van der Waals surface area contributed by atoms with Crippen LogP contribution in [-0.4, -0.2) is 31.7 Å². The molecule has 0 aliphatic carbocycles. The van der Waals surface area contributed by atoms with Crippen molar-refractivity contribution < 1.29 is 9.53 Å². The Balaban J connectivity index is 1.60. The fourth-order valence-corrected chi connectivity index (χ4v) is 3.26. The third-order valence-corrected chi connectivity index (χ3v) is 4.62.